The molecule has 13 heavy (non-hydrogen) atoms. The molecule has 0 unspecified atom stereocenters. The van der Waals surface area contributed by atoms with Crippen LogP contribution in [-0.2, 0) is 18.7 Å². The van der Waals surface area contributed by atoms with Crippen LogP contribution in [0.1, 0.15) is 0 Å². The fourth-order valence-electron chi connectivity index (χ4n) is 0.287. The number of phosphoric acid groups is 1. The first kappa shape index (κ1) is 15.6. The third-order valence-electron chi connectivity index (χ3n) is 0.571. The number of carboxylic acid groups (broad SMARTS) is 1. The number of carbonyl (C=O) groups is 2. The van der Waals surface area contributed by atoms with Crippen LogP contribution >= 0.6 is 7.82 Å². The molecule has 0 saturated carbocycles. The molecule has 0 aromatic carbocycles. The van der Waals surface area contributed by atoms with Gasteiger partial charge in [0.25, 0.3) is 0 Å². The molecule has 0 heterocycles. The van der Waals surface area contributed by atoms with E-state index in [2.05, 4.69) is 4.52 Å². The predicted molar refractivity (Wildman–Crippen MR) is 43.5 cm³/mol. The average molecular weight is 238 g/mol. The van der Waals surface area contributed by atoms with Gasteiger partial charge in [0.2, 0.25) is 0 Å². The van der Waals surface area contributed by atoms with Gasteiger partial charge < -0.3 is 9.63 Å². The van der Waals surface area contributed by atoms with Gasteiger partial charge in [0, 0.05) is 12.2 Å². The fraction of sp³-hybridized carbons (Fsp3) is 0. The first-order chi connectivity index (χ1) is 5.31. The van der Waals surface area contributed by atoms with Gasteiger partial charge in [0.15, 0.2) is 0 Å². The van der Waals surface area contributed by atoms with Crippen molar-refractivity contribution in [1.29, 1.82) is 0 Å². The Morgan fingerprint density at radius 3 is 2.00 bits per heavy atom. The molecule has 0 aromatic heterocycles. The Labute approximate surface area is 103 Å². The summed E-state index contributed by atoms with van der Waals surface area (Å²) in [6, 6.07) is 0. The number of hydrogen-bond acceptors (Lipinski definition) is 4. The molecule has 0 amide bonds. The average Bonchev–Trinajstić information content (AvgIpc) is 1.79. The van der Waals surface area contributed by atoms with Crippen LogP contribution in [-0.4, -0.2) is 64.6 Å². The summed E-state index contributed by atoms with van der Waals surface area (Å²) in [6.45, 7) is 0. The van der Waals surface area contributed by atoms with E-state index >= 15 is 0 Å². The van der Waals surface area contributed by atoms with Crippen molar-refractivity contribution in [2.24, 2.45) is 0 Å². The van der Waals surface area contributed by atoms with Gasteiger partial charge in [-0.15, -0.1) is 0 Å². The van der Waals surface area contributed by atoms with E-state index < -0.39 is 19.8 Å². The van der Waals surface area contributed by atoms with Crippen molar-refractivity contribution < 1.29 is 33.6 Å². The Morgan fingerprint density at radius 2 is 1.69 bits per heavy atom. The van der Waals surface area contributed by atoms with Crippen LogP contribution in [0.3, 0.4) is 0 Å². The van der Waals surface area contributed by atoms with Crippen molar-refractivity contribution in [3.05, 3.63) is 12.2 Å². The van der Waals surface area contributed by atoms with Crippen LogP contribution in [0.25, 0.3) is 0 Å². The van der Waals surface area contributed by atoms with E-state index in [1.54, 1.807) is 0 Å². The first-order valence-electron chi connectivity index (χ1n) is 2.51. The second-order valence-electron chi connectivity index (χ2n) is 1.57. The fourth-order valence-corrected chi connectivity index (χ4v) is 0.582. The van der Waals surface area contributed by atoms with Gasteiger partial charge in [-0.25, -0.2) is 14.2 Å². The number of carbonyl (C=O) groups excluding carboxylic acids is 1. The van der Waals surface area contributed by atoms with E-state index in [1.807, 2.05) is 0 Å². The minimum absolute atomic E-state index is 0. The summed E-state index contributed by atoms with van der Waals surface area (Å²) in [5.41, 5.74) is 0. The summed E-state index contributed by atoms with van der Waals surface area (Å²) >= 11 is 0. The molecule has 3 N–H and O–H groups in total. The molecule has 0 aromatic rings. The maximum atomic E-state index is 10.3. The zero-order chi connectivity index (χ0) is 9.78. The number of carboxylic acids is 1. The number of phosphoric ester groups is 1. The summed E-state index contributed by atoms with van der Waals surface area (Å²) < 4.78 is 13.4. The van der Waals surface area contributed by atoms with E-state index in [-0.39, 0.29) is 37.7 Å². The molecule has 0 saturated heterocycles. The summed E-state index contributed by atoms with van der Waals surface area (Å²) in [7, 11) is -4.88. The zero-order valence-corrected chi connectivity index (χ0v) is 6.47. The van der Waals surface area contributed by atoms with Gasteiger partial charge in [-0.1, -0.05) is 0 Å². The standard InChI is InChI=1S/C4H5O7P.Ca.2H/c5-3(6)1-2-4(7)11-12(8,9)10;;;/h1-2H,(H,5,6)(H2,8,9,10);;;/b2-1+;;;. The molecule has 7 nitrogen and oxygen atoms in total. The molecule has 0 bridgehead atoms. The molecule has 9 heteroatoms. The Bertz CT molecular complexity index is 266. The van der Waals surface area contributed by atoms with Crippen molar-refractivity contribution >= 4 is 57.5 Å². The van der Waals surface area contributed by atoms with Gasteiger partial charge in [0.05, 0.1) is 0 Å². The summed E-state index contributed by atoms with van der Waals surface area (Å²) in [6.07, 6.45) is 0.791. The Kier molecular flexibility index (Phi) is 7.81. The number of aliphatic carboxylic acids is 1. The Morgan fingerprint density at radius 1 is 1.23 bits per heavy atom. The molecule has 0 aliphatic rings. The van der Waals surface area contributed by atoms with Gasteiger partial charge in [-0.3, -0.25) is 9.79 Å². The van der Waals surface area contributed by atoms with E-state index in [0.29, 0.717) is 12.2 Å². The third-order valence-corrected chi connectivity index (χ3v) is 0.989. The Balaban J connectivity index is 0. The molecule has 0 aliphatic carbocycles. The van der Waals surface area contributed by atoms with Gasteiger partial charge >= 0.3 is 57.5 Å². The topological polar surface area (TPSA) is 121 Å². The Hall–Kier alpha value is 0.0897. The van der Waals surface area contributed by atoms with Crippen LogP contribution in [0, 0.1) is 0 Å². The van der Waals surface area contributed by atoms with Gasteiger partial charge in [-0.05, 0) is 0 Å². The number of hydrogen-bond donors (Lipinski definition) is 3. The molecular formula is C4H7CaO7P. The third kappa shape index (κ3) is 12.1. The van der Waals surface area contributed by atoms with Crippen molar-refractivity contribution in [2.75, 3.05) is 0 Å². The van der Waals surface area contributed by atoms with Gasteiger partial charge in [-0.2, -0.15) is 0 Å². The zero-order valence-electron chi connectivity index (χ0n) is 5.58. The summed E-state index contributed by atoms with van der Waals surface area (Å²) in [5, 5.41) is 7.97. The van der Waals surface area contributed by atoms with Crippen LogP contribution < -0.4 is 0 Å². The van der Waals surface area contributed by atoms with Crippen molar-refractivity contribution in [2.45, 2.75) is 0 Å². The predicted octanol–water partition coefficient (Wildman–Crippen LogP) is -1.65. The molecule has 0 aliphatic heterocycles. The van der Waals surface area contributed by atoms with Gasteiger partial charge in [0.1, 0.15) is 0 Å². The van der Waals surface area contributed by atoms with Crippen molar-refractivity contribution in [1.82, 2.24) is 0 Å². The maximum absolute atomic E-state index is 10.3. The first-order valence-corrected chi connectivity index (χ1v) is 4.04. The second-order valence-corrected chi connectivity index (χ2v) is 2.74. The molecule has 0 radical (unpaired) electrons. The van der Waals surface area contributed by atoms with E-state index in [1.165, 1.54) is 0 Å². The minimum atomic E-state index is -4.88. The molecule has 0 fully saturated rings. The summed E-state index contributed by atoms with van der Waals surface area (Å²) in [4.78, 5) is 36.2. The van der Waals surface area contributed by atoms with E-state index in [4.69, 9.17) is 14.9 Å². The van der Waals surface area contributed by atoms with Crippen LogP contribution in [0.4, 0.5) is 0 Å². The van der Waals surface area contributed by atoms with Crippen LogP contribution in [0.15, 0.2) is 12.2 Å². The van der Waals surface area contributed by atoms with E-state index in [9.17, 15) is 14.2 Å². The molecule has 0 rings (SSSR count). The molecular weight excluding hydrogens is 231 g/mol. The SMILES string of the molecule is O=C(O)/C=C/C(=O)OP(=O)(O)O.[CaH2]. The monoisotopic (exact) mass is 238 g/mol. The van der Waals surface area contributed by atoms with Crippen LogP contribution in [0.5, 0.6) is 0 Å². The summed E-state index contributed by atoms with van der Waals surface area (Å²) in [5.74, 6) is -2.83. The normalized spacial score (nSPS) is 10.6. The van der Waals surface area contributed by atoms with E-state index in [0.717, 1.165) is 0 Å². The molecule has 0 atom stereocenters. The second kappa shape index (κ2) is 6.53. The molecule has 72 valence electrons. The van der Waals surface area contributed by atoms with Crippen molar-refractivity contribution in [3.8, 4) is 0 Å². The molecule has 0 spiro atoms. The van der Waals surface area contributed by atoms with Crippen LogP contribution in [0.2, 0.25) is 0 Å². The number of rotatable bonds is 3. The quantitative estimate of drug-likeness (QED) is 0.306. The van der Waals surface area contributed by atoms with Crippen molar-refractivity contribution in [3.63, 3.8) is 0 Å².